The Morgan fingerprint density at radius 2 is 2.17 bits per heavy atom. The van der Waals surface area contributed by atoms with Crippen LogP contribution in [0.4, 0.5) is 9.18 Å². The smallest absolute Gasteiger partial charge is 0.324 e. The molecule has 2 heterocycles. The van der Waals surface area contributed by atoms with Gasteiger partial charge in [-0.25, -0.2) is 9.18 Å². The van der Waals surface area contributed by atoms with Gasteiger partial charge in [-0.3, -0.25) is 14.5 Å². The summed E-state index contributed by atoms with van der Waals surface area (Å²) in [6.45, 7) is 2.67. The highest BCUT2D eigenvalue weighted by Gasteiger charge is 2.39. The highest BCUT2D eigenvalue weighted by atomic mass is 19.1. The molecule has 0 aliphatic carbocycles. The number of carbonyl (C=O) groups is 3. The maximum atomic E-state index is 13.3. The van der Waals surface area contributed by atoms with Crippen LogP contribution in [0.5, 0.6) is 0 Å². The van der Waals surface area contributed by atoms with Gasteiger partial charge in [0.2, 0.25) is 11.8 Å². The summed E-state index contributed by atoms with van der Waals surface area (Å²) in [5, 5.41) is 2.50. The second-order valence-corrected chi connectivity index (χ2v) is 6.29. The number of nitrogens with zero attached hydrogens (tertiary/aromatic N) is 2. The average Bonchev–Trinajstić information content (AvgIpc) is 3.15. The number of hydrogen-bond acceptors (Lipinski definition) is 3. The van der Waals surface area contributed by atoms with Gasteiger partial charge in [0.1, 0.15) is 5.82 Å². The summed E-state index contributed by atoms with van der Waals surface area (Å²) in [5.74, 6) is -0.492. The molecule has 0 bridgehead atoms. The number of rotatable bonds is 4. The lowest BCUT2D eigenvalue weighted by Gasteiger charge is -2.21. The van der Waals surface area contributed by atoms with Crippen molar-refractivity contribution in [2.24, 2.45) is 0 Å². The maximum absolute atomic E-state index is 13.3. The van der Waals surface area contributed by atoms with Crippen molar-refractivity contribution in [1.82, 2.24) is 15.1 Å². The van der Waals surface area contributed by atoms with E-state index >= 15 is 0 Å². The third-order valence-electron chi connectivity index (χ3n) is 4.61. The van der Waals surface area contributed by atoms with E-state index in [0.29, 0.717) is 37.9 Å². The molecule has 0 spiro atoms. The molecule has 3 rings (SSSR count). The van der Waals surface area contributed by atoms with Crippen LogP contribution in [-0.4, -0.2) is 53.3 Å². The molecule has 1 unspecified atom stereocenters. The van der Waals surface area contributed by atoms with E-state index in [1.54, 1.807) is 24.0 Å². The van der Waals surface area contributed by atoms with Crippen LogP contribution < -0.4 is 5.32 Å². The molecule has 0 saturated carbocycles. The van der Waals surface area contributed by atoms with Crippen LogP contribution in [-0.2, 0) is 16.0 Å². The molecule has 6 nitrogen and oxygen atoms in total. The van der Waals surface area contributed by atoms with Gasteiger partial charge in [-0.2, -0.15) is 0 Å². The first-order chi connectivity index (χ1) is 11.5. The SMILES string of the molecule is Cc1cc(CCC(=O)N2CCC(N3C(=O)CNC3=O)C2)ccc1F. The van der Waals surface area contributed by atoms with Crippen molar-refractivity contribution in [1.29, 1.82) is 0 Å². The fraction of sp³-hybridized carbons (Fsp3) is 0.471. The Labute approximate surface area is 139 Å². The van der Waals surface area contributed by atoms with Gasteiger partial charge in [-0.1, -0.05) is 12.1 Å². The molecule has 1 aromatic rings. The molecule has 24 heavy (non-hydrogen) atoms. The average molecular weight is 333 g/mol. The number of nitrogens with one attached hydrogen (secondary N) is 1. The van der Waals surface area contributed by atoms with Crippen LogP contribution >= 0.6 is 0 Å². The molecule has 1 N–H and O–H groups in total. The van der Waals surface area contributed by atoms with Crippen LogP contribution in [0.3, 0.4) is 0 Å². The molecule has 1 atom stereocenters. The predicted molar refractivity (Wildman–Crippen MR) is 84.7 cm³/mol. The van der Waals surface area contributed by atoms with Gasteiger partial charge >= 0.3 is 6.03 Å². The molecule has 128 valence electrons. The fourth-order valence-electron chi connectivity index (χ4n) is 3.26. The monoisotopic (exact) mass is 333 g/mol. The summed E-state index contributed by atoms with van der Waals surface area (Å²) >= 11 is 0. The Bertz CT molecular complexity index is 676. The third-order valence-corrected chi connectivity index (χ3v) is 4.61. The number of halogens is 1. The lowest BCUT2D eigenvalue weighted by Crippen LogP contribution is -2.42. The van der Waals surface area contributed by atoms with Crippen molar-refractivity contribution in [2.75, 3.05) is 19.6 Å². The lowest BCUT2D eigenvalue weighted by molar-refractivity contribution is -0.131. The zero-order chi connectivity index (χ0) is 17.3. The van der Waals surface area contributed by atoms with Crippen LogP contribution in [0.1, 0.15) is 24.0 Å². The lowest BCUT2D eigenvalue weighted by atomic mass is 10.1. The van der Waals surface area contributed by atoms with Crippen LogP contribution in [0.2, 0.25) is 0 Å². The van der Waals surface area contributed by atoms with Gasteiger partial charge in [0, 0.05) is 19.5 Å². The van der Waals surface area contributed by atoms with Gasteiger partial charge in [0.05, 0.1) is 12.6 Å². The van der Waals surface area contributed by atoms with Crippen molar-refractivity contribution in [3.63, 3.8) is 0 Å². The Morgan fingerprint density at radius 3 is 2.83 bits per heavy atom. The van der Waals surface area contributed by atoms with E-state index in [-0.39, 0.29) is 36.2 Å². The van der Waals surface area contributed by atoms with E-state index in [9.17, 15) is 18.8 Å². The van der Waals surface area contributed by atoms with Crippen molar-refractivity contribution in [3.05, 3.63) is 35.1 Å². The van der Waals surface area contributed by atoms with Gasteiger partial charge in [0.15, 0.2) is 0 Å². The number of carbonyl (C=O) groups excluding carboxylic acids is 3. The minimum atomic E-state index is -0.374. The summed E-state index contributed by atoms with van der Waals surface area (Å²) in [6, 6.07) is 4.25. The van der Waals surface area contributed by atoms with E-state index in [1.807, 2.05) is 0 Å². The molecule has 2 fully saturated rings. The third kappa shape index (κ3) is 3.25. The number of amides is 4. The van der Waals surface area contributed by atoms with Crippen molar-refractivity contribution < 1.29 is 18.8 Å². The number of imide groups is 1. The normalized spacial score (nSPS) is 20.7. The molecule has 0 radical (unpaired) electrons. The second-order valence-electron chi connectivity index (χ2n) is 6.29. The van der Waals surface area contributed by atoms with Crippen molar-refractivity contribution >= 4 is 17.8 Å². The van der Waals surface area contributed by atoms with Gasteiger partial charge in [0.25, 0.3) is 0 Å². The number of hydrogen-bond donors (Lipinski definition) is 1. The maximum Gasteiger partial charge on any atom is 0.324 e. The molecule has 2 saturated heterocycles. The molecule has 0 aromatic heterocycles. The first-order valence-electron chi connectivity index (χ1n) is 8.08. The molecular formula is C17H20FN3O3. The van der Waals surface area contributed by atoms with E-state index < -0.39 is 0 Å². The highest BCUT2D eigenvalue weighted by molar-refractivity contribution is 6.02. The molecule has 4 amide bonds. The van der Waals surface area contributed by atoms with E-state index in [2.05, 4.69) is 5.32 Å². The number of aryl methyl sites for hydroxylation is 2. The molecule has 1 aromatic carbocycles. The zero-order valence-electron chi connectivity index (χ0n) is 13.5. The molecule has 7 heteroatoms. The molecule has 2 aliphatic heterocycles. The zero-order valence-corrected chi connectivity index (χ0v) is 13.5. The quantitative estimate of drug-likeness (QED) is 0.842. The number of benzene rings is 1. The van der Waals surface area contributed by atoms with E-state index in [0.717, 1.165) is 5.56 Å². The van der Waals surface area contributed by atoms with Gasteiger partial charge in [-0.05, 0) is 37.0 Å². The standard InChI is InChI=1S/C17H20FN3O3/c1-11-8-12(2-4-14(11)18)3-5-15(22)20-7-6-13(10-20)21-16(23)9-19-17(21)24/h2,4,8,13H,3,5-7,9-10H2,1H3,(H,19,24). The molecular weight excluding hydrogens is 313 g/mol. The van der Waals surface area contributed by atoms with Crippen molar-refractivity contribution in [3.8, 4) is 0 Å². The summed E-state index contributed by atoms with van der Waals surface area (Å²) in [6.07, 6.45) is 1.49. The minimum Gasteiger partial charge on any atom is -0.341 e. The van der Waals surface area contributed by atoms with E-state index in [1.165, 1.54) is 11.0 Å². The Kier molecular flexibility index (Phi) is 4.51. The van der Waals surface area contributed by atoms with Crippen LogP contribution in [0.25, 0.3) is 0 Å². The fourth-order valence-corrected chi connectivity index (χ4v) is 3.26. The Morgan fingerprint density at radius 1 is 1.38 bits per heavy atom. The van der Waals surface area contributed by atoms with Crippen LogP contribution in [0.15, 0.2) is 18.2 Å². The summed E-state index contributed by atoms with van der Waals surface area (Å²) < 4.78 is 13.3. The first-order valence-corrected chi connectivity index (χ1v) is 8.08. The van der Waals surface area contributed by atoms with Crippen LogP contribution in [0, 0.1) is 12.7 Å². The molecule has 2 aliphatic rings. The van der Waals surface area contributed by atoms with Gasteiger partial charge < -0.3 is 10.2 Å². The summed E-state index contributed by atoms with van der Waals surface area (Å²) in [4.78, 5) is 38.7. The van der Waals surface area contributed by atoms with Gasteiger partial charge in [-0.15, -0.1) is 0 Å². The second kappa shape index (κ2) is 6.59. The summed E-state index contributed by atoms with van der Waals surface area (Å²) in [5.41, 5.74) is 1.49. The van der Waals surface area contributed by atoms with E-state index in [4.69, 9.17) is 0 Å². The Balaban J connectivity index is 1.54. The topological polar surface area (TPSA) is 69.7 Å². The largest absolute Gasteiger partial charge is 0.341 e. The van der Waals surface area contributed by atoms with Crippen molar-refractivity contribution in [2.45, 2.75) is 32.2 Å². The number of urea groups is 1. The predicted octanol–water partition coefficient (Wildman–Crippen LogP) is 1.22. The highest BCUT2D eigenvalue weighted by Crippen LogP contribution is 2.19. The minimum absolute atomic E-state index is 0.00784. The summed E-state index contributed by atoms with van der Waals surface area (Å²) in [7, 11) is 0. The first kappa shape index (κ1) is 16.4. The Hall–Kier alpha value is -2.44. The number of likely N-dealkylation sites (tertiary alicyclic amines) is 1.